The summed E-state index contributed by atoms with van der Waals surface area (Å²) in [5.74, 6) is 0.712. The van der Waals surface area contributed by atoms with Gasteiger partial charge in [-0.2, -0.15) is 0 Å². The van der Waals surface area contributed by atoms with Crippen molar-refractivity contribution < 1.29 is 14.6 Å². The smallest absolute Gasteiger partial charge is 0.319 e. The van der Waals surface area contributed by atoms with E-state index in [1.54, 1.807) is 37.6 Å². The lowest BCUT2D eigenvalue weighted by molar-refractivity contribution is -0.0640. The van der Waals surface area contributed by atoms with Gasteiger partial charge in [-0.3, -0.25) is 9.88 Å². The van der Waals surface area contributed by atoms with Gasteiger partial charge in [0.05, 0.1) is 18.9 Å². The maximum absolute atomic E-state index is 12.7. The highest BCUT2D eigenvalue weighted by molar-refractivity contribution is 6.30. The highest BCUT2D eigenvalue weighted by Gasteiger charge is 2.39. The minimum atomic E-state index is -0.565. The number of likely N-dealkylation sites (tertiary alicyclic amines) is 1. The largest absolute Gasteiger partial charge is 0.495 e. The second-order valence-corrected chi connectivity index (χ2v) is 8.98. The van der Waals surface area contributed by atoms with Gasteiger partial charge in [-0.1, -0.05) is 11.6 Å². The Labute approximate surface area is 187 Å². The Kier molecular flexibility index (Phi) is 6.65. The van der Waals surface area contributed by atoms with Crippen LogP contribution in [0.3, 0.4) is 0 Å². The van der Waals surface area contributed by atoms with Gasteiger partial charge in [0.2, 0.25) is 0 Å². The van der Waals surface area contributed by atoms with Crippen molar-refractivity contribution >= 4 is 23.3 Å². The van der Waals surface area contributed by atoms with Crippen LogP contribution in [0.15, 0.2) is 42.6 Å². The molecule has 3 N–H and O–H groups in total. The van der Waals surface area contributed by atoms with Gasteiger partial charge in [-0.25, -0.2) is 4.79 Å². The van der Waals surface area contributed by atoms with E-state index in [1.807, 2.05) is 12.1 Å². The third-order valence-electron chi connectivity index (χ3n) is 6.29. The molecule has 1 aliphatic heterocycles. The number of aliphatic hydroxyl groups is 1. The molecule has 1 saturated carbocycles. The van der Waals surface area contributed by atoms with E-state index in [9.17, 15) is 9.90 Å². The molecule has 2 aliphatic rings. The lowest BCUT2D eigenvalue weighted by atomic mass is 9.79. The standard InChI is InChI=1S/C23H29ClN4O3/c1-31-18-7-8-20(25-13-18)19-14-28(15-23(30)10-2-11-23)12-9-21(19)27-22(29)26-17-5-3-16(24)4-6-17/h3-8,13,19,21,30H,2,9-12,14-15H2,1H3,(H2,26,27,29). The average Bonchev–Trinajstić information content (AvgIpc) is 2.75. The monoisotopic (exact) mass is 444 g/mol. The zero-order chi connectivity index (χ0) is 21.8. The number of aromatic nitrogens is 1. The van der Waals surface area contributed by atoms with Crippen LogP contribution in [-0.2, 0) is 0 Å². The van der Waals surface area contributed by atoms with Crippen molar-refractivity contribution in [3.8, 4) is 5.75 Å². The van der Waals surface area contributed by atoms with Crippen LogP contribution < -0.4 is 15.4 Å². The molecule has 2 fully saturated rings. The van der Waals surface area contributed by atoms with Crippen LogP contribution in [0.2, 0.25) is 5.02 Å². The quantitative estimate of drug-likeness (QED) is 0.633. The minimum absolute atomic E-state index is 0.0132. The average molecular weight is 445 g/mol. The number of hydrogen-bond acceptors (Lipinski definition) is 5. The molecule has 1 aliphatic carbocycles. The number of piperidine rings is 1. The molecule has 8 heteroatoms. The Balaban J connectivity index is 1.45. The SMILES string of the molecule is COc1ccc(C2CN(CC3(O)CCC3)CCC2NC(=O)Nc2ccc(Cl)cc2)nc1. The Morgan fingerprint density at radius 3 is 2.68 bits per heavy atom. The van der Waals surface area contributed by atoms with Crippen molar-refractivity contribution in [2.75, 3.05) is 32.1 Å². The van der Waals surface area contributed by atoms with Gasteiger partial charge in [-0.05, 0) is 62.1 Å². The third-order valence-corrected chi connectivity index (χ3v) is 6.54. The van der Waals surface area contributed by atoms with Gasteiger partial charge in [0.25, 0.3) is 0 Å². The number of ether oxygens (including phenoxy) is 1. The zero-order valence-electron chi connectivity index (χ0n) is 17.7. The number of β-amino-alcohol motifs (C(OH)–C–C–N with tert-alkyl or cyclic N) is 1. The molecule has 7 nitrogen and oxygen atoms in total. The van der Waals surface area contributed by atoms with Gasteiger partial charge >= 0.3 is 6.03 Å². The first kappa shape index (κ1) is 21.9. The lowest BCUT2D eigenvalue weighted by Crippen LogP contribution is -2.55. The van der Waals surface area contributed by atoms with E-state index in [-0.39, 0.29) is 18.0 Å². The van der Waals surface area contributed by atoms with E-state index < -0.39 is 5.60 Å². The van der Waals surface area contributed by atoms with Crippen LogP contribution in [0.4, 0.5) is 10.5 Å². The molecule has 0 bridgehead atoms. The number of carbonyl (C=O) groups is 1. The number of amides is 2. The van der Waals surface area contributed by atoms with Gasteiger partial charge in [0, 0.05) is 48.0 Å². The van der Waals surface area contributed by atoms with Gasteiger partial charge in [0.15, 0.2) is 0 Å². The van der Waals surface area contributed by atoms with Crippen LogP contribution in [0, 0.1) is 0 Å². The summed E-state index contributed by atoms with van der Waals surface area (Å²) in [6, 6.07) is 10.6. The zero-order valence-corrected chi connectivity index (χ0v) is 18.4. The molecular weight excluding hydrogens is 416 g/mol. The molecule has 1 aromatic carbocycles. The Morgan fingerprint density at radius 1 is 1.29 bits per heavy atom. The number of methoxy groups -OCH3 is 1. The number of rotatable bonds is 6. The van der Waals surface area contributed by atoms with Crippen molar-refractivity contribution in [2.45, 2.75) is 43.2 Å². The first-order chi connectivity index (χ1) is 14.9. The molecule has 1 saturated heterocycles. The van der Waals surface area contributed by atoms with E-state index >= 15 is 0 Å². The fraction of sp³-hybridized carbons (Fsp3) is 0.478. The Bertz CT molecular complexity index is 887. The van der Waals surface area contributed by atoms with Gasteiger partial charge < -0.3 is 20.5 Å². The highest BCUT2D eigenvalue weighted by Crippen LogP contribution is 2.35. The predicted molar refractivity (Wildman–Crippen MR) is 121 cm³/mol. The molecule has 0 radical (unpaired) electrons. The van der Waals surface area contributed by atoms with Gasteiger partial charge in [0.1, 0.15) is 5.75 Å². The summed E-state index contributed by atoms with van der Waals surface area (Å²) >= 11 is 5.92. The molecule has 2 atom stereocenters. The van der Waals surface area contributed by atoms with Gasteiger partial charge in [-0.15, -0.1) is 0 Å². The number of halogens is 1. The van der Waals surface area contributed by atoms with E-state index in [0.29, 0.717) is 23.0 Å². The molecule has 2 aromatic rings. The summed E-state index contributed by atoms with van der Waals surface area (Å²) in [5.41, 5.74) is 1.03. The number of pyridine rings is 1. The second-order valence-electron chi connectivity index (χ2n) is 8.54. The van der Waals surface area contributed by atoms with Crippen molar-refractivity contribution in [1.29, 1.82) is 0 Å². The van der Waals surface area contributed by atoms with Crippen molar-refractivity contribution in [2.24, 2.45) is 0 Å². The first-order valence-electron chi connectivity index (χ1n) is 10.7. The summed E-state index contributed by atoms with van der Waals surface area (Å²) in [6.07, 6.45) is 5.30. The summed E-state index contributed by atoms with van der Waals surface area (Å²) in [5, 5.41) is 17.2. The molecule has 2 heterocycles. The summed E-state index contributed by atoms with van der Waals surface area (Å²) in [7, 11) is 1.61. The number of benzene rings is 1. The Hall–Kier alpha value is -2.35. The number of urea groups is 1. The summed E-state index contributed by atoms with van der Waals surface area (Å²) < 4.78 is 5.24. The number of nitrogens with zero attached hydrogens (tertiary/aromatic N) is 2. The molecule has 4 rings (SSSR count). The maximum Gasteiger partial charge on any atom is 0.319 e. The first-order valence-corrected chi connectivity index (χ1v) is 11.1. The molecular formula is C23H29ClN4O3. The topological polar surface area (TPSA) is 86.7 Å². The molecule has 0 spiro atoms. The number of anilines is 1. The van der Waals surface area contributed by atoms with Crippen LogP contribution in [0.1, 0.15) is 37.3 Å². The molecule has 2 unspecified atom stereocenters. The summed E-state index contributed by atoms with van der Waals surface area (Å²) in [4.78, 5) is 19.5. The fourth-order valence-corrected chi connectivity index (χ4v) is 4.52. The van der Waals surface area contributed by atoms with E-state index in [4.69, 9.17) is 16.3 Å². The molecule has 166 valence electrons. The van der Waals surface area contributed by atoms with Crippen LogP contribution in [0.5, 0.6) is 5.75 Å². The molecule has 31 heavy (non-hydrogen) atoms. The fourth-order valence-electron chi connectivity index (χ4n) is 4.40. The molecule has 1 aromatic heterocycles. The second kappa shape index (κ2) is 9.42. The van der Waals surface area contributed by atoms with Crippen LogP contribution in [0.25, 0.3) is 0 Å². The van der Waals surface area contributed by atoms with E-state index in [0.717, 1.165) is 44.5 Å². The number of nitrogens with one attached hydrogen (secondary N) is 2. The predicted octanol–water partition coefficient (Wildman–Crippen LogP) is 3.64. The number of hydrogen-bond donors (Lipinski definition) is 3. The van der Waals surface area contributed by atoms with Crippen LogP contribution >= 0.6 is 11.6 Å². The summed E-state index contributed by atoms with van der Waals surface area (Å²) in [6.45, 7) is 2.22. The molecule has 2 amide bonds. The van der Waals surface area contributed by atoms with E-state index in [1.165, 1.54) is 0 Å². The van der Waals surface area contributed by atoms with E-state index in [2.05, 4.69) is 20.5 Å². The van der Waals surface area contributed by atoms with Crippen molar-refractivity contribution in [3.63, 3.8) is 0 Å². The van der Waals surface area contributed by atoms with Crippen molar-refractivity contribution in [3.05, 3.63) is 53.3 Å². The third kappa shape index (κ3) is 5.47. The lowest BCUT2D eigenvalue weighted by Gasteiger charge is -2.45. The maximum atomic E-state index is 12.7. The normalized spacial score (nSPS) is 22.9. The van der Waals surface area contributed by atoms with Crippen LogP contribution in [-0.4, -0.2) is 59.4 Å². The number of carbonyl (C=O) groups excluding carboxylic acids is 1. The Morgan fingerprint density at radius 2 is 2.06 bits per heavy atom. The van der Waals surface area contributed by atoms with Crippen molar-refractivity contribution in [1.82, 2.24) is 15.2 Å². The minimum Gasteiger partial charge on any atom is -0.495 e. The highest BCUT2D eigenvalue weighted by atomic mass is 35.5.